The molecule has 0 radical (unpaired) electrons. The van der Waals surface area contributed by atoms with Gasteiger partial charge < -0.3 is 5.73 Å². The van der Waals surface area contributed by atoms with Gasteiger partial charge in [-0.15, -0.1) is 0 Å². The minimum atomic E-state index is -0.265. The van der Waals surface area contributed by atoms with Crippen molar-refractivity contribution in [3.63, 3.8) is 0 Å². The van der Waals surface area contributed by atoms with Gasteiger partial charge in [0, 0.05) is 6.20 Å². The van der Waals surface area contributed by atoms with E-state index < -0.39 is 0 Å². The number of hydrogen-bond donors (Lipinski definition) is 1. The molecule has 1 heterocycles. The largest absolute Gasteiger partial charge is 0.322 e. The molecule has 18 heavy (non-hydrogen) atoms. The van der Waals surface area contributed by atoms with Gasteiger partial charge in [0.05, 0.1) is 23.6 Å². The van der Waals surface area contributed by atoms with E-state index in [9.17, 15) is 4.39 Å². The van der Waals surface area contributed by atoms with Crippen molar-refractivity contribution in [2.75, 3.05) is 0 Å². The molecule has 0 bridgehead atoms. The summed E-state index contributed by atoms with van der Waals surface area (Å²) in [6.07, 6.45) is 3.92. The number of benzene rings is 1. The Morgan fingerprint density at radius 3 is 2.67 bits per heavy atom. The Labute approximate surface area is 106 Å². The Hall–Kier alpha value is -1.81. The lowest BCUT2D eigenvalue weighted by molar-refractivity contribution is 0.619. The normalized spacial score (nSPS) is 12.4. The molecule has 2 N–H and O–H groups in total. The van der Waals surface area contributed by atoms with Crippen molar-refractivity contribution in [2.24, 2.45) is 5.73 Å². The zero-order chi connectivity index (χ0) is 13.1. The van der Waals surface area contributed by atoms with Crippen molar-refractivity contribution in [3.05, 3.63) is 58.9 Å². The van der Waals surface area contributed by atoms with E-state index in [0.29, 0.717) is 6.42 Å². The summed E-state index contributed by atoms with van der Waals surface area (Å²) in [4.78, 5) is 8.41. The summed E-state index contributed by atoms with van der Waals surface area (Å²) in [5, 5.41) is 0. The molecular weight excluding hydrogens is 229 g/mol. The van der Waals surface area contributed by atoms with Crippen LogP contribution in [0.4, 0.5) is 4.39 Å². The standard InChI is InChI=1S/C14H16FN3/c1-9-3-4-12(15)5-11(9)6-13(16)14-8-17-10(2)7-18-14/h3-5,7-8,13H,6,16H2,1-2H3. The van der Waals surface area contributed by atoms with Gasteiger partial charge in [-0.1, -0.05) is 6.07 Å². The quantitative estimate of drug-likeness (QED) is 0.903. The van der Waals surface area contributed by atoms with Crippen LogP contribution in [0.2, 0.25) is 0 Å². The van der Waals surface area contributed by atoms with E-state index in [-0.39, 0.29) is 11.9 Å². The summed E-state index contributed by atoms with van der Waals surface area (Å²) in [6, 6.07) is 4.48. The predicted octanol–water partition coefficient (Wildman–Crippen LogP) is 2.48. The van der Waals surface area contributed by atoms with E-state index in [1.807, 2.05) is 13.8 Å². The van der Waals surface area contributed by atoms with Crippen LogP contribution in [0.15, 0.2) is 30.6 Å². The van der Waals surface area contributed by atoms with Crippen LogP contribution in [0.1, 0.15) is 28.6 Å². The maximum absolute atomic E-state index is 13.2. The topological polar surface area (TPSA) is 51.8 Å². The number of nitrogens with zero attached hydrogens (tertiary/aromatic N) is 2. The molecule has 2 rings (SSSR count). The van der Waals surface area contributed by atoms with E-state index in [2.05, 4.69) is 9.97 Å². The SMILES string of the molecule is Cc1cnc(C(N)Cc2cc(F)ccc2C)cn1. The van der Waals surface area contributed by atoms with Gasteiger partial charge in [-0.2, -0.15) is 0 Å². The lowest BCUT2D eigenvalue weighted by Gasteiger charge is -2.13. The Bertz CT molecular complexity index is 537. The monoisotopic (exact) mass is 245 g/mol. The van der Waals surface area contributed by atoms with Crippen LogP contribution in [-0.2, 0) is 6.42 Å². The summed E-state index contributed by atoms with van der Waals surface area (Å²) in [5.41, 5.74) is 9.59. The van der Waals surface area contributed by atoms with Gasteiger partial charge in [0.25, 0.3) is 0 Å². The second-order valence-electron chi connectivity index (χ2n) is 4.46. The second-order valence-corrected chi connectivity index (χ2v) is 4.46. The van der Waals surface area contributed by atoms with Crippen LogP contribution in [0, 0.1) is 19.7 Å². The number of halogens is 1. The van der Waals surface area contributed by atoms with Crippen molar-refractivity contribution < 1.29 is 4.39 Å². The fraction of sp³-hybridized carbons (Fsp3) is 0.286. The zero-order valence-corrected chi connectivity index (χ0v) is 10.5. The first-order valence-electron chi connectivity index (χ1n) is 5.85. The van der Waals surface area contributed by atoms with Gasteiger partial charge in [0.15, 0.2) is 0 Å². The van der Waals surface area contributed by atoms with E-state index in [1.165, 1.54) is 12.1 Å². The summed E-state index contributed by atoms with van der Waals surface area (Å²) >= 11 is 0. The lowest BCUT2D eigenvalue weighted by Crippen LogP contribution is -2.16. The molecule has 0 fully saturated rings. The maximum Gasteiger partial charge on any atom is 0.123 e. The molecule has 0 aliphatic rings. The van der Waals surface area contributed by atoms with Crippen LogP contribution in [0.25, 0.3) is 0 Å². The van der Waals surface area contributed by atoms with E-state index in [4.69, 9.17) is 5.73 Å². The molecule has 0 aliphatic heterocycles. The van der Waals surface area contributed by atoms with Crippen LogP contribution in [-0.4, -0.2) is 9.97 Å². The molecule has 4 heteroatoms. The molecule has 3 nitrogen and oxygen atoms in total. The molecular formula is C14H16FN3. The van der Waals surface area contributed by atoms with Gasteiger partial charge in [0.2, 0.25) is 0 Å². The molecule has 1 unspecified atom stereocenters. The summed E-state index contributed by atoms with van der Waals surface area (Å²) in [6.45, 7) is 3.82. The number of nitrogens with two attached hydrogens (primary N) is 1. The molecule has 0 saturated heterocycles. The van der Waals surface area contributed by atoms with Gasteiger partial charge in [-0.05, 0) is 43.5 Å². The molecule has 0 amide bonds. The van der Waals surface area contributed by atoms with Crippen molar-refractivity contribution in [1.29, 1.82) is 0 Å². The van der Waals surface area contributed by atoms with E-state index in [0.717, 1.165) is 22.5 Å². The molecule has 94 valence electrons. The first kappa shape index (κ1) is 12.6. The van der Waals surface area contributed by atoms with Gasteiger partial charge in [-0.25, -0.2) is 4.39 Å². The highest BCUT2D eigenvalue weighted by Gasteiger charge is 2.11. The minimum Gasteiger partial charge on any atom is -0.322 e. The van der Waals surface area contributed by atoms with Crippen LogP contribution in [0.3, 0.4) is 0 Å². The van der Waals surface area contributed by atoms with Gasteiger partial charge >= 0.3 is 0 Å². The molecule has 0 spiro atoms. The highest BCUT2D eigenvalue weighted by molar-refractivity contribution is 5.28. The number of hydrogen-bond acceptors (Lipinski definition) is 3. The van der Waals surface area contributed by atoms with Crippen molar-refractivity contribution in [2.45, 2.75) is 26.3 Å². The number of rotatable bonds is 3. The summed E-state index contributed by atoms with van der Waals surface area (Å²) in [7, 11) is 0. The van der Waals surface area contributed by atoms with E-state index >= 15 is 0 Å². The number of aryl methyl sites for hydroxylation is 2. The third-order valence-electron chi connectivity index (χ3n) is 2.93. The smallest absolute Gasteiger partial charge is 0.123 e. The maximum atomic E-state index is 13.2. The van der Waals surface area contributed by atoms with Crippen molar-refractivity contribution >= 4 is 0 Å². The Kier molecular flexibility index (Phi) is 3.67. The molecule has 1 atom stereocenters. The first-order valence-corrected chi connectivity index (χ1v) is 5.85. The van der Waals surface area contributed by atoms with Crippen LogP contribution < -0.4 is 5.73 Å². The van der Waals surface area contributed by atoms with Gasteiger partial charge in [0.1, 0.15) is 5.82 Å². The summed E-state index contributed by atoms with van der Waals surface area (Å²) < 4.78 is 13.2. The van der Waals surface area contributed by atoms with Crippen molar-refractivity contribution in [3.8, 4) is 0 Å². The highest BCUT2D eigenvalue weighted by Crippen LogP contribution is 2.17. The number of aromatic nitrogens is 2. The fourth-order valence-corrected chi connectivity index (χ4v) is 1.80. The average molecular weight is 245 g/mol. The summed E-state index contributed by atoms with van der Waals surface area (Å²) in [5.74, 6) is -0.238. The van der Waals surface area contributed by atoms with Gasteiger partial charge in [-0.3, -0.25) is 9.97 Å². The Balaban J connectivity index is 2.18. The van der Waals surface area contributed by atoms with Crippen molar-refractivity contribution in [1.82, 2.24) is 9.97 Å². The third-order valence-corrected chi connectivity index (χ3v) is 2.93. The minimum absolute atomic E-state index is 0.238. The Morgan fingerprint density at radius 2 is 2.00 bits per heavy atom. The third kappa shape index (κ3) is 2.90. The molecule has 0 saturated carbocycles. The molecule has 2 aromatic rings. The molecule has 1 aromatic heterocycles. The predicted molar refractivity (Wildman–Crippen MR) is 68.5 cm³/mol. The Morgan fingerprint density at radius 1 is 1.22 bits per heavy atom. The van der Waals surface area contributed by atoms with E-state index in [1.54, 1.807) is 18.5 Å². The second kappa shape index (κ2) is 5.23. The lowest BCUT2D eigenvalue weighted by atomic mass is 10.00. The zero-order valence-electron chi connectivity index (χ0n) is 10.5. The average Bonchev–Trinajstić information content (AvgIpc) is 2.34. The fourth-order valence-electron chi connectivity index (χ4n) is 1.80. The highest BCUT2D eigenvalue weighted by atomic mass is 19.1. The first-order chi connectivity index (χ1) is 8.56. The van der Waals surface area contributed by atoms with Crippen LogP contribution >= 0.6 is 0 Å². The van der Waals surface area contributed by atoms with Crippen LogP contribution in [0.5, 0.6) is 0 Å². The molecule has 1 aromatic carbocycles. The molecule has 0 aliphatic carbocycles.